The van der Waals surface area contributed by atoms with Gasteiger partial charge in [-0.1, -0.05) is 13.8 Å². The maximum atomic E-state index is 5.85. The third-order valence-electron chi connectivity index (χ3n) is 3.45. The zero-order valence-corrected chi connectivity index (χ0v) is 10.6. The molecule has 0 aromatic rings. The fraction of sp³-hybridized carbons (Fsp3) is 1.00. The number of hydrogen-bond acceptors (Lipinski definition) is 3. The van der Waals surface area contributed by atoms with Crippen LogP contribution in [-0.2, 0) is 4.74 Å². The van der Waals surface area contributed by atoms with Crippen LogP contribution in [-0.4, -0.2) is 43.3 Å². The van der Waals surface area contributed by atoms with Gasteiger partial charge in [-0.3, -0.25) is 4.90 Å². The van der Waals surface area contributed by atoms with E-state index in [1.54, 1.807) is 0 Å². The molecule has 1 saturated heterocycles. The van der Waals surface area contributed by atoms with Gasteiger partial charge in [0.2, 0.25) is 0 Å². The molecule has 0 aliphatic carbocycles. The van der Waals surface area contributed by atoms with Crippen molar-refractivity contribution < 1.29 is 4.74 Å². The number of hydrogen-bond donors (Lipinski definition) is 1. The van der Waals surface area contributed by atoms with Crippen LogP contribution in [0.4, 0.5) is 0 Å². The van der Waals surface area contributed by atoms with Crippen LogP contribution in [0, 0.1) is 5.41 Å². The first-order chi connectivity index (χ1) is 6.99. The third-order valence-corrected chi connectivity index (χ3v) is 3.45. The van der Waals surface area contributed by atoms with E-state index in [-0.39, 0.29) is 5.41 Å². The Morgan fingerprint density at radius 3 is 2.27 bits per heavy atom. The molecule has 1 heterocycles. The zero-order valence-electron chi connectivity index (χ0n) is 10.6. The van der Waals surface area contributed by atoms with Crippen LogP contribution in [0.1, 0.15) is 34.1 Å². The van der Waals surface area contributed by atoms with E-state index in [9.17, 15) is 0 Å². The van der Waals surface area contributed by atoms with Crippen LogP contribution >= 0.6 is 0 Å². The van der Waals surface area contributed by atoms with E-state index in [0.29, 0.717) is 12.2 Å². The van der Waals surface area contributed by atoms with E-state index < -0.39 is 0 Å². The quantitative estimate of drug-likeness (QED) is 0.770. The molecule has 3 atom stereocenters. The normalized spacial score (nSPS) is 32.6. The van der Waals surface area contributed by atoms with Gasteiger partial charge in [-0.2, -0.15) is 0 Å². The van der Waals surface area contributed by atoms with Crippen molar-refractivity contribution in [3.63, 3.8) is 0 Å². The molecule has 3 nitrogen and oxygen atoms in total. The minimum Gasteiger partial charge on any atom is -0.373 e. The molecule has 0 aromatic carbocycles. The zero-order chi connectivity index (χ0) is 11.5. The van der Waals surface area contributed by atoms with Crippen molar-refractivity contribution in [3.8, 4) is 0 Å². The summed E-state index contributed by atoms with van der Waals surface area (Å²) in [5, 5.41) is 0. The highest BCUT2D eigenvalue weighted by Crippen LogP contribution is 2.23. The van der Waals surface area contributed by atoms with Gasteiger partial charge >= 0.3 is 0 Å². The fourth-order valence-corrected chi connectivity index (χ4v) is 2.27. The first kappa shape index (κ1) is 12.9. The van der Waals surface area contributed by atoms with Crippen LogP contribution in [0.3, 0.4) is 0 Å². The van der Waals surface area contributed by atoms with Crippen LogP contribution in [0.25, 0.3) is 0 Å². The molecular formula is C12H26N2O. The average molecular weight is 214 g/mol. The van der Waals surface area contributed by atoms with Crippen molar-refractivity contribution in [2.75, 3.05) is 26.2 Å². The lowest BCUT2D eigenvalue weighted by Gasteiger charge is -2.40. The summed E-state index contributed by atoms with van der Waals surface area (Å²) in [7, 11) is 0. The molecular weight excluding hydrogens is 188 g/mol. The van der Waals surface area contributed by atoms with Gasteiger partial charge in [0.25, 0.3) is 0 Å². The summed E-state index contributed by atoms with van der Waals surface area (Å²) >= 11 is 0. The summed E-state index contributed by atoms with van der Waals surface area (Å²) in [6.07, 6.45) is 1.85. The summed E-state index contributed by atoms with van der Waals surface area (Å²) in [5.41, 5.74) is 6.11. The SMILES string of the molecule is CCC(C)(CN)CN1CC(C)OC(C)C1. The van der Waals surface area contributed by atoms with Crippen molar-refractivity contribution in [2.45, 2.75) is 46.3 Å². The minimum atomic E-state index is 0.261. The van der Waals surface area contributed by atoms with Crippen molar-refractivity contribution in [1.29, 1.82) is 0 Å². The molecule has 1 rings (SSSR count). The Hall–Kier alpha value is -0.120. The van der Waals surface area contributed by atoms with Gasteiger partial charge in [0.1, 0.15) is 0 Å². The van der Waals surface area contributed by atoms with Crippen molar-refractivity contribution >= 4 is 0 Å². The summed E-state index contributed by atoms with van der Waals surface area (Å²) in [5.74, 6) is 0. The average Bonchev–Trinajstić information content (AvgIpc) is 2.16. The lowest BCUT2D eigenvalue weighted by Crippen LogP contribution is -2.50. The molecule has 0 spiro atoms. The molecule has 3 unspecified atom stereocenters. The van der Waals surface area contributed by atoms with E-state index in [4.69, 9.17) is 10.5 Å². The number of ether oxygens (including phenoxy) is 1. The van der Waals surface area contributed by atoms with Crippen molar-refractivity contribution in [1.82, 2.24) is 4.90 Å². The van der Waals surface area contributed by atoms with Gasteiger partial charge in [-0.15, -0.1) is 0 Å². The van der Waals surface area contributed by atoms with Gasteiger partial charge in [-0.05, 0) is 32.2 Å². The first-order valence-electron chi connectivity index (χ1n) is 6.07. The molecule has 15 heavy (non-hydrogen) atoms. The molecule has 1 aliphatic rings. The highest BCUT2D eigenvalue weighted by atomic mass is 16.5. The summed E-state index contributed by atoms with van der Waals surface area (Å²) in [6.45, 7) is 12.7. The van der Waals surface area contributed by atoms with Gasteiger partial charge in [-0.25, -0.2) is 0 Å². The summed E-state index contributed by atoms with van der Waals surface area (Å²) in [6, 6.07) is 0. The van der Waals surface area contributed by atoms with E-state index in [1.807, 2.05) is 0 Å². The van der Waals surface area contributed by atoms with E-state index in [1.165, 1.54) is 0 Å². The summed E-state index contributed by atoms with van der Waals surface area (Å²) in [4.78, 5) is 2.50. The number of nitrogens with zero attached hydrogens (tertiary/aromatic N) is 1. The fourth-order valence-electron chi connectivity index (χ4n) is 2.27. The molecule has 0 radical (unpaired) electrons. The molecule has 0 saturated carbocycles. The maximum Gasteiger partial charge on any atom is 0.0678 e. The Morgan fingerprint density at radius 2 is 1.87 bits per heavy atom. The number of rotatable bonds is 4. The molecule has 0 aromatic heterocycles. The largest absolute Gasteiger partial charge is 0.373 e. The highest BCUT2D eigenvalue weighted by Gasteiger charge is 2.28. The Kier molecular flexibility index (Phi) is 4.56. The van der Waals surface area contributed by atoms with Gasteiger partial charge < -0.3 is 10.5 Å². The van der Waals surface area contributed by atoms with Crippen LogP contribution in [0.15, 0.2) is 0 Å². The third kappa shape index (κ3) is 3.74. The Morgan fingerprint density at radius 1 is 1.33 bits per heavy atom. The lowest BCUT2D eigenvalue weighted by molar-refractivity contribution is -0.0764. The molecule has 0 amide bonds. The van der Waals surface area contributed by atoms with Crippen molar-refractivity contribution in [3.05, 3.63) is 0 Å². The molecule has 2 N–H and O–H groups in total. The van der Waals surface area contributed by atoms with Gasteiger partial charge in [0.15, 0.2) is 0 Å². The molecule has 0 bridgehead atoms. The standard InChI is InChI=1S/C12H26N2O/c1-5-12(4,8-13)9-14-6-10(2)15-11(3)7-14/h10-11H,5-9,13H2,1-4H3. The van der Waals surface area contributed by atoms with Crippen molar-refractivity contribution in [2.24, 2.45) is 11.1 Å². The highest BCUT2D eigenvalue weighted by molar-refractivity contribution is 4.82. The summed E-state index contributed by atoms with van der Waals surface area (Å²) < 4.78 is 5.73. The lowest BCUT2D eigenvalue weighted by atomic mass is 9.87. The molecule has 1 aliphatic heterocycles. The van der Waals surface area contributed by atoms with E-state index >= 15 is 0 Å². The second kappa shape index (κ2) is 5.28. The Bertz CT molecular complexity index is 182. The Balaban J connectivity index is 2.49. The van der Waals surface area contributed by atoms with Crippen LogP contribution in [0.5, 0.6) is 0 Å². The topological polar surface area (TPSA) is 38.5 Å². The van der Waals surface area contributed by atoms with Gasteiger partial charge in [0, 0.05) is 19.6 Å². The van der Waals surface area contributed by atoms with Gasteiger partial charge in [0.05, 0.1) is 12.2 Å². The molecule has 90 valence electrons. The first-order valence-corrected chi connectivity index (χ1v) is 6.07. The monoisotopic (exact) mass is 214 g/mol. The van der Waals surface area contributed by atoms with Crippen LogP contribution < -0.4 is 5.73 Å². The predicted octanol–water partition coefficient (Wildman–Crippen LogP) is 1.47. The number of morpholine rings is 1. The second-order valence-corrected chi connectivity index (χ2v) is 5.32. The Labute approximate surface area is 94.0 Å². The van der Waals surface area contributed by atoms with E-state index in [0.717, 1.165) is 32.6 Å². The predicted molar refractivity (Wildman–Crippen MR) is 63.9 cm³/mol. The maximum absolute atomic E-state index is 5.85. The minimum absolute atomic E-state index is 0.261. The molecule has 1 fully saturated rings. The van der Waals surface area contributed by atoms with Crippen LogP contribution in [0.2, 0.25) is 0 Å². The van der Waals surface area contributed by atoms with E-state index in [2.05, 4.69) is 32.6 Å². The number of nitrogens with two attached hydrogens (primary N) is 1. The molecule has 3 heteroatoms. The smallest absolute Gasteiger partial charge is 0.0678 e. The second-order valence-electron chi connectivity index (χ2n) is 5.32.